The molecule has 2 aromatic heterocycles. The normalized spacial score (nSPS) is 10.8. The minimum Gasteiger partial charge on any atom is -0.497 e. The lowest BCUT2D eigenvalue weighted by atomic mass is 10.1. The van der Waals surface area contributed by atoms with Crippen LogP contribution in [0.25, 0.3) is 10.9 Å². The highest BCUT2D eigenvalue weighted by atomic mass is 16.5. The van der Waals surface area contributed by atoms with Crippen LogP contribution in [0.15, 0.2) is 36.5 Å². The highest BCUT2D eigenvalue weighted by Crippen LogP contribution is 2.25. The summed E-state index contributed by atoms with van der Waals surface area (Å²) in [6.07, 6.45) is 1.84. The minimum atomic E-state index is -1.06. The van der Waals surface area contributed by atoms with Crippen molar-refractivity contribution in [1.29, 1.82) is 0 Å². The molecule has 0 atom stereocenters. The van der Waals surface area contributed by atoms with Gasteiger partial charge in [0.05, 0.1) is 12.6 Å². The van der Waals surface area contributed by atoms with Gasteiger partial charge in [-0.1, -0.05) is 0 Å². The van der Waals surface area contributed by atoms with Gasteiger partial charge in [0.25, 0.3) is 0 Å². The number of carboxylic acid groups (broad SMARTS) is 1. The van der Waals surface area contributed by atoms with Crippen molar-refractivity contribution in [2.45, 2.75) is 13.0 Å². The number of aliphatic hydroxyl groups is 1. The first kappa shape index (κ1) is 17.6. The van der Waals surface area contributed by atoms with Crippen LogP contribution in [-0.2, 0) is 17.8 Å². The Kier molecular flexibility index (Phi) is 4.94. The van der Waals surface area contributed by atoms with Gasteiger partial charge in [0, 0.05) is 41.9 Å². The van der Waals surface area contributed by atoms with E-state index >= 15 is 0 Å². The maximum Gasteiger partial charge on any atom is 0.325 e. The SMILES string of the molecule is COc1ccc2c(C(=O)c3ccc(CCO)nc3)nn(CC(=O)O)c2c1. The molecule has 3 aromatic rings. The summed E-state index contributed by atoms with van der Waals surface area (Å²) in [5, 5.41) is 22.8. The molecule has 0 aliphatic rings. The first-order valence-corrected chi connectivity index (χ1v) is 7.90. The van der Waals surface area contributed by atoms with Gasteiger partial charge in [0.2, 0.25) is 5.78 Å². The van der Waals surface area contributed by atoms with E-state index < -0.39 is 5.97 Å². The quantitative estimate of drug-likeness (QED) is 0.614. The number of hydrogen-bond donors (Lipinski definition) is 2. The van der Waals surface area contributed by atoms with Crippen LogP contribution in [0.1, 0.15) is 21.7 Å². The van der Waals surface area contributed by atoms with E-state index in [2.05, 4.69) is 10.1 Å². The maximum atomic E-state index is 12.8. The summed E-state index contributed by atoms with van der Waals surface area (Å²) >= 11 is 0. The molecule has 0 bridgehead atoms. The third-order valence-corrected chi connectivity index (χ3v) is 3.91. The molecule has 134 valence electrons. The largest absolute Gasteiger partial charge is 0.497 e. The van der Waals surface area contributed by atoms with Crippen molar-refractivity contribution in [2.75, 3.05) is 13.7 Å². The van der Waals surface area contributed by atoms with Crippen LogP contribution in [-0.4, -0.2) is 50.4 Å². The van der Waals surface area contributed by atoms with Crippen molar-refractivity contribution < 1.29 is 24.5 Å². The molecule has 1 aromatic carbocycles. The van der Waals surface area contributed by atoms with E-state index in [0.29, 0.717) is 34.3 Å². The molecule has 0 fully saturated rings. The van der Waals surface area contributed by atoms with Crippen molar-refractivity contribution in [1.82, 2.24) is 14.8 Å². The zero-order valence-corrected chi connectivity index (χ0v) is 14.0. The molecule has 2 N–H and O–H groups in total. The number of aliphatic carboxylic acids is 1. The number of benzene rings is 1. The molecule has 8 nitrogen and oxygen atoms in total. The van der Waals surface area contributed by atoms with E-state index in [4.69, 9.17) is 14.9 Å². The lowest BCUT2D eigenvalue weighted by Gasteiger charge is -2.02. The fourth-order valence-corrected chi connectivity index (χ4v) is 2.65. The van der Waals surface area contributed by atoms with E-state index in [1.54, 1.807) is 30.3 Å². The number of carbonyl (C=O) groups is 2. The number of rotatable bonds is 7. The molecule has 0 spiro atoms. The van der Waals surface area contributed by atoms with Gasteiger partial charge >= 0.3 is 5.97 Å². The Hall–Kier alpha value is -3.26. The summed E-state index contributed by atoms with van der Waals surface area (Å²) in [5.41, 5.74) is 1.67. The fourth-order valence-electron chi connectivity index (χ4n) is 2.65. The third kappa shape index (κ3) is 3.40. The first-order valence-electron chi connectivity index (χ1n) is 7.90. The van der Waals surface area contributed by atoms with E-state index in [9.17, 15) is 9.59 Å². The van der Waals surface area contributed by atoms with Crippen LogP contribution >= 0.6 is 0 Å². The Labute approximate surface area is 148 Å². The Morgan fingerprint density at radius 3 is 2.65 bits per heavy atom. The molecule has 0 aliphatic heterocycles. The zero-order chi connectivity index (χ0) is 18.7. The average Bonchev–Trinajstić information content (AvgIpc) is 2.99. The van der Waals surface area contributed by atoms with Crippen LogP contribution in [0.3, 0.4) is 0 Å². The number of methoxy groups -OCH3 is 1. The Morgan fingerprint density at radius 1 is 1.23 bits per heavy atom. The number of ether oxygens (including phenoxy) is 1. The van der Waals surface area contributed by atoms with E-state index in [1.165, 1.54) is 18.0 Å². The van der Waals surface area contributed by atoms with Gasteiger partial charge in [-0.05, 0) is 24.3 Å². The van der Waals surface area contributed by atoms with Gasteiger partial charge in [-0.2, -0.15) is 5.10 Å². The molecule has 2 heterocycles. The zero-order valence-electron chi connectivity index (χ0n) is 14.0. The summed E-state index contributed by atoms with van der Waals surface area (Å²) in [6, 6.07) is 8.30. The summed E-state index contributed by atoms with van der Waals surface area (Å²) < 4.78 is 6.43. The van der Waals surface area contributed by atoms with Crippen molar-refractivity contribution in [2.24, 2.45) is 0 Å². The molecule has 8 heteroatoms. The number of aliphatic hydroxyl groups excluding tert-OH is 1. The molecular weight excluding hydrogens is 338 g/mol. The number of pyridine rings is 1. The molecule has 26 heavy (non-hydrogen) atoms. The van der Waals surface area contributed by atoms with Crippen LogP contribution in [0.2, 0.25) is 0 Å². The smallest absolute Gasteiger partial charge is 0.325 e. The summed E-state index contributed by atoms with van der Waals surface area (Å²) in [7, 11) is 1.50. The molecule has 3 rings (SSSR count). The number of nitrogens with zero attached hydrogens (tertiary/aromatic N) is 3. The number of hydrogen-bond acceptors (Lipinski definition) is 6. The van der Waals surface area contributed by atoms with Gasteiger partial charge in [0.15, 0.2) is 0 Å². The Balaban J connectivity index is 2.05. The van der Waals surface area contributed by atoms with Crippen LogP contribution in [0, 0.1) is 0 Å². The van der Waals surface area contributed by atoms with Crippen LogP contribution < -0.4 is 4.74 Å². The van der Waals surface area contributed by atoms with Gasteiger partial charge in [-0.25, -0.2) is 0 Å². The standard InChI is InChI=1S/C18H17N3O5/c1-26-13-4-5-14-15(8-13)21(10-16(23)24)20-17(14)18(25)11-2-3-12(6-7-22)19-9-11/h2-5,8-9,22H,6-7,10H2,1H3,(H,23,24). The number of carboxylic acids is 1. The van der Waals surface area contributed by atoms with E-state index in [0.717, 1.165) is 0 Å². The summed E-state index contributed by atoms with van der Waals surface area (Å²) in [4.78, 5) is 28.1. The number of aromatic nitrogens is 3. The van der Waals surface area contributed by atoms with E-state index in [-0.39, 0.29) is 24.6 Å². The third-order valence-electron chi connectivity index (χ3n) is 3.91. The number of carbonyl (C=O) groups excluding carboxylic acids is 1. The molecular formula is C18H17N3O5. The van der Waals surface area contributed by atoms with Crippen molar-refractivity contribution >= 4 is 22.7 Å². The number of ketones is 1. The van der Waals surface area contributed by atoms with Crippen LogP contribution in [0.5, 0.6) is 5.75 Å². The maximum absolute atomic E-state index is 12.8. The second-order valence-electron chi connectivity index (χ2n) is 5.62. The summed E-state index contributed by atoms with van der Waals surface area (Å²) in [6.45, 7) is -0.392. The highest BCUT2D eigenvalue weighted by molar-refractivity contribution is 6.14. The fraction of sp³-hybridized carbons (Fsp3) is 0.222. The van der Waals surface area contributed by atoms with Crippen molar-refractivity contribution in [3.63, 3.8) is 0 Å². The lowest BCUT2D eigenvalue weighted by molar-refractivity contribution is -0.137. The predicted octanol–water partition coefficient (Wildman–Crippen LogP) is 1.29. The average molecular weight is 355 g/mol. The molecule has 0 amide bonds. The van der Waals surface area contributed by atoms with E-state index in [1.807, 2.05) is 0 Å². The Morgan fingerprint density at radius 2 is 2.04 bits per heavy atom. The van der Waals surface area contributed by atoms with Crippen molar-refractivity contribution in [3.05, 3.63) is 53.5 Å². The second-order valence-corrected chi connectivity index (χ2v) is 5.62. The second kappa shape index (κ2) is 7.32. The highest BCUT2D eigenvalue weighted by Gasteiger charge is 2.20. The van der Waals surface area contributed by atoms with Gasteiger partial charge in [0.1, 0.15) is 18.0 Å². The van der Waals surface area contributed by atoms with Crippen molar-refractivity contribution in [3.8, 4) is 5.75 Å². The minimum absolute atomic E-state index is 0.0215. The first-order chi connectivity index (χ1) is 12.5. The summed E-state index contributed by atoms with van der Waals surface area (Å²) in [5.74, 6) is -0.878. The van der Waals surface area contributed by atoms with Crippen LogP contribution in [0.4, 0.5) is 0 Å². The Bertz CT molecular complexity index is 963. The van der Waals surface area contributed by atoms with Gasteiger partial charge in [-0.3, -0.25) is 19.3 Å². The molecule has 0 saturated heterocycles. The molecule has 0 aliphatic carbocycles. The molecule has 0 saturated carbocycles. The monoisotopic (exact) mass is 355 g/mol. The predicted molar refractivity (Wildman–Crippen MR) is 92.4 cm³/mol. The number of fused-ring (bicyclic) bond motifs is 1. The van der Waals surface area contributed by atoms with Gasteiger partial charge in [-0.15, -0.1) is 0 Å². The molecule has 0 radical (unpaired) electrons. The topological polar surface area (TPSA) is 115 Å². The molecule has 0 unspecified atom stereocenters. The van der Waals surface area contributed by atoms with Gasteiger partial charge < -0.3 is 14.9 Å². The lowest BCUT2D eigenvalue weighted by Crippen LogP contribution is -2.11.